The molecule has 0 fully saturated rings. The molecule has 0 radical (unpaired) electrons. The Kier molecular flexibility index (Phi) is 5.66. The highest BCUT2D eigenvalue weighted by atomic mass is 16.6. The fourth-order valence-corrected chi connectivity index (χ4v) is 1.87. The first kappa shape index (κ1) is 16.9. The fourth-order valence-electron chi connectivity index (χ4n) is 1.87. The Morgan fingerprint density at radius 1 is 1.48 bits per heavy atom. The highest BCUT2D eigenvalue weighted by Gasteiger charge is 2.32. The maximum absolute atomic E-state index is 11.5. The summed E-state index contributed by atoms with van der Waals surface area (Å²) in [6, 6.07) is 4.78. The summed E-state index contributed by atoms with van der Waals surface area (Å²) in [4.78, 5) is 22.1. The number of hydrogen-bond acceptors (Lipinski definition) is 5. The molecule has 0 aliphatic heterocycles. The van der Waals surface area contributed by atoms with Crippen molar-refractivity contribution >= 4 is 11.6 Å². The summed E-state index contributed by atoms with van der Waals surface area (Å²) >= 11 is 0. The van der Waals surface area contributed by atoms with Gasteiger partial charge in [-0.3, -0.25) is 14.9 Å². The quantitative estimate of drug-likeness (QED) is 0.556. The largest absolute Gasteiger partial charge is 0.484 e. The van der Waals surface area contributed by atoms with E-state index in [-0.39, 0.29) is 18.0 Å². The lowest BCUT2D eigenvalue weighted by Crippen LogP contribution is -2.57. The van der Waals surface area contributed by atoms with Crippen LogP contribution in [0.4, 0.5) is 5.69 Å². The van der Waals surface area contributed by atoms with E-state index >= 15 is 0 Å². The molecule has 0 aromatic heterocycles. The van der Waals surface area contributed by atoms with Gasteiger partial charge in [-0.15, -0.1) is 0 Å². The summed E-state index contributed by atoms with van der Waals surface area (Å²) in [6.07, 6.45) is 0.692. The van der Waals surface area contributed by atoms with E-state index in [1.54, 1.807) is 19.1 Å². The third-order valence-electron chi connectivity index (χ3n) is 3.26. The van der Waals surface area contributed by atoms with Crippen LogP contribution >= 0.6 is 0 Å². The molecule has 1 aromatic rings. The highest BCUT2D eigenvalue weighted by Crippen LogP contribution is 2.28. The van der Waals surface area contributed by atoms with Crippen LogP contribution < -0.4 is 15.8 Å². The SMILES string of the molecule is CCNC(C)(COc1ccc(CC)cc1[N+](=O)[O-])C(N)=O. The molecule has 1 rings (SSSR count). The minimum atomic E-state index is -1.08. The molecule has 0 aliphatic rings. The molecule has 3 N–H and O–H groups in total. The standard InChI is InChI=1S/C14H21N3O4/c1-4-10-6-7-12(11(8-10)17(19)20)21-9-14(3,13(15)18)16-5-2/h6-8,16H,4-5,9H2,1-3H3,(H2,15,18). The van der Waals surface area contributed by atoms with Crippen LogP contribution in [0.1, 0.15) is 26.3 Å². The van der Waals surface area contributed by atoms with Gasteiger partial charge in [0, 0.05) is 6.07 Å². The molecule has 0 saturated heterocycles. The molecule has 0 heterocycles. The van der Waals surface area contributed by atoms with Crippen LogP contribution in [0.5, 0.6) is 5.75 Å². The Hall–Kier alpha value is -2.15. The number of nitro groups is 1. The maximum Gasteiger partial charge on any atom is 0.311 e. The van der Waals surface area contributed by atoms with Crippen molar-refractivity contribution in [3.8, 4) is 5.75 Å². The number of nitro benzene ring substituents is 1. The molecule has 1 amide bonds. The summed E-state index contributed by atoms with van der Waals surface area (Å²) in [7, 11) is 0. The molecule has 7 nitrogen and oxygen atoms in total. The predicted molar refractivity (Wildman–Crippen MR) is 79.2 cm³/mol. The van der Waals surface area contributed by atoms with Crippen LogP contribution in [0.3, 0.4) is 0 Å². The molecule has 0 bridgehead atoms. The van der Waals surface area contributed by atoms with E-state index in [1.165, 1.54) is 6.07 Å². The second-order valence-corrected chi connectivity index (χ2v) is 4.93. The van der Waals surface area contributed by atoms with Crippen molar-refractivity contribution < 1.29 is 14.5 Å². The Balaban J connectivity index is 2.97. The van der Waals surface area contributed by atoms with Gasteiger partial charge in [0.05, 0.1) is 4.92 Å². The van der Waals surface area contributed by atoms with Gasteiger partial charge in [-0.25, -0.2) is 0 Å². The number of likely N-dealkylation sites (N-methyl/N-ethyl adjacent to an activating group) is 1. The van der Waals surface area contributed by atoms with Crippen molar-refractivity contribution in [3.05, 3.63) is 33.9 Å². The molecule has 1 atom stereocenters. The molecule has 116 valence electrons. The number of rotatable bonds is 8. The Morgan fingerprint density at radius 3 is 2.62 bits per heavy atom. The summed E-state index contributed by atoms with van der Waals surface area (Å²) < 4.78 is 5.47. The van der Waals surface area contributed by atoms with Crippen molar-refractivity contribution in [2.24, 2.45) is 5.73 Å². The summed E-state index contributed by atoms with van der Waals surface area (Å²) in [5.74, 6) is -0.445. The lowest BCUT2D eigenvalue weighted by atomic mass is 10.0. The second-order valence-electron chi connectivity index (χ2n) is 4.93. The number of ether oxygens (including phenoxy) is 1. The van der Waals surface area contributed by atoms with Gasteiger partial charge in [-0.2, -0.15) is 0 Å². The van der Waals surface area contributed by atoms with Gasteiger partial charge in [-0.05, 0) is 31.5 Å². The Morgan fingerprint density at radius 2 is 2.14 bits per heavy atom. The van der Waals surface area contributed by atoms with Crippen molar-refractivity contribution in [1.29, 1.82) is 0 Å². The molecular weight excluding hydrogens is 274 g/mol. The molecule has 1 aromatic carbocycles. The highest BCUT2D eigenvalue weighted by molar-refractivity contribution is 5.84. The molecule has 0 aliphatic carbocycles. The number of nitrogens with two attached hydrogens (primary N) is 1. The van der Waals surface area contributed by atoms with Crippen molar-refractivity contribution in [2.45, 2.75) is 32.7 Å². The second kappa shape index (κ2) is 7.03. The third-order valence-corrected chi connectivity index (χ3v) is 3.26. The predicted octanol–water partition coefficient (Wildman–Crippen LogP) is 1.39. The van der Waals surface area contributed by atoms with E-state index in [0.29, 0.717) is 13.0 Å². The van der Waals surface area contributed by atoms with Crippen LogP contribution in [0.2, 0.25) is 0 Å². The van der Waals surface area contributed by atoms with Gasteiger partial charge in [-0.1, -0.05) is 19.9 Å². The average molecular weight is 295 g/mol. The van der Waals surface area contributed by atoms with Crippen molar-refractivity contribution in [1.82, 2.24) is 5.32 Å². The van der Waals surface area contributed by atoms with Gasteiger partial charge >= 0.3 is 5.69 Å². The number of carbonyl (C=O) groups excluding carboxylic acids is 1. The van der Waals surface area contributed by atoms with E-state index < -0.39 is 16.4 Å². The number of amides is 1. The normalized spacial score (nSPS) is 13.5. The van der Waals surface area contributed by atoms with Crippen LogP contribution in [0.25, 0.3) is 0 Å². The van der Waals surface area contributed by atoms with Crippen molar-refractivity contribution in [2.75, 3.05) is 13.2 Å². The molecule has 0 spiro atoms. The van der Waals surface area contributed by atoms with E-state index in [2.05, 4.69) is 5.32 Å². The molecule has 0 saturated carbocycles. The number of nitrogens with zero attached hydrogens (tertiary/aromatic N) is 1. The average Bonchev–Trinajstić information content (AvgIpc) is 2.45. The smallest absolute Gasteiger partial charge is 0.311 e. The molecule has 1 unspecified atom stereocenters. The number of carbonyl (C=O) groups is 1. The van der Waals surface area contributed by atoms with Crippen LogP contribution in [-0.2, 0) is 11.2 Å². The van der Waals surface area contributed by atoms with Crippen LogP contribution in [-0.4, -0.2) is 29.5 Å². The molecular formula is C14H21N3O4. The lowest BCUT2D eigenvalue weighted by Gasteiger charge is -2.26. The fraction of sp³-hybridized carbons (Fsp3) is 0.500. The van der Waals surface area contributed by atoms with Crippen LogP contribution in [0, 0.1) is 10.1 Å². The molecule has 7 heteroatoms. The summed E-state index contributed by atoms with van der Waals surface area (Å²) in [6.45, 7) is 5.79. The Labute approximate surface area is 123 Å². The van der Waals surface area contributed by atoms with E-state index in [9.17, 15) is 14.9 Å². The summed E-state index contributed by atoms with van der Waals surface area (Å²) in [5.41, 5.74) is 5.00. The topological polar surface area (TPSA) is 107 Å². The number of hydrogen-bond donors (Lipinski definition) is 2. The number of nitrogens with one attached hydrogen (secondary N) is 1. The van der Waals surface area contributed by atoms with E-state index in [0.717, 1.165) is 5.56 Å². The monoisotopic (exact) mass is 295 g/mol. The van der Waals surface area contributed by atoms with Crippen molar-refractivity contribution in [3.63, 3.8) is 0 Å². The lowest BCUT2D eigenvalue weighted by molar-refractivity contribution is -0.386. The first-order chi connectivity index (χ1) is 9.84. The van der Waals surface area contributed by atoms with Crippen LogP contribution in [0.15, 0.2) is 18.2 Å². The number of aryl methyl sites for hydroxylation is 1. The molecule has 21 heavy (non-hydrogen) atoms. The minimum absolute atomic E-state index is 0.0809. The number of benzene rings is 1. The zero-order valence-corrected chi connectivity index (χ0v) is 12.5. The van der Waals surface area contributed by atoms with E-state index in [1.807, 2.05) is 13.8 Å². The van der Waals surface area contributed by atoms with Gasteiger partial charge < -0.3 is 15.8 Å². The number of primary amides is 1. The zero-order chi connectivity index (χ0) is 16.0. The van der Waals surface area contributed by atoms with Gasteiger partial charge in [0.1, 0.15) is 12.1 Å². The minimum Gasteiger partial charge on any atom is -0.484 e. The summed E-state index contributed by atoms with van der Waals surface area (Å²) in [5, 5.41) is 14.0. The maximum atomic E-state index is 11.5. The first-order valence-corrected chi connectivity index (χ1v) is 6.79. The van der Waals surface area contributed by atoms with E-state index in [4.69, 9.17) is 10.5 Å². The first-order valence-electron chi connectivity index (χ1n) is 6.79. The Bertz CT molecular complexity index is 533. The zero-order valence-electron chi connectivity index (χ0n) is 12.5. The van der Waals surface area contributed by atoms with Gasteiger partial charge in [0.15, 0.2) is 5.75 Å². The van der Waals surface area contributed by atoms with Gasteiger partial charge in [0.25, 0.3) is 0 Å². The van der Waals surface area contributed by atoms with Gasteiger partial charge in [0.2, 0.25) is 5.91 Å². The third kappa shape index (κ3) is 4.16.